The maximum absolute atomic E-state index is 13.4. The zero-order valence-electron chi connectivity index (χ0n) is 14.7. The molecule has 1 aromatic carbocycles. The highest BCUT2D eigenvalue weighted by Gasteiger charge is 2.18. The van der Waals surface area contributed by atoms with Crippen LogP contribution in [0.3, 0.4) is 0 Å². The predicted molar refractivity (Wildman–Crippen MR) is 101 cm³/mol. The smallest absolute Gasteiger partial charge is 0.123 e. The van der Waals surface area contributed by atoms with Gasteiger partial charge in [0, 0.05) is 30.1 Å². The summed E-state index contributed by atoms with van der Waals surface area (Å²) in [7, 11) is 4.07. The third-order valence-corrected chi connectivity index (χ3v) is 4.30. The maximum atomic E-state index is 13.4. The summed E-state index contributed by atoms with van der Waals surface area (Å²) in [5.74, 6) is -0.253. The average Bonchev–Trinajstić information content (AvgIpc) is 3.03. The van der Waals surface area contributed by atoms with Gasteiger partial charge in [-0.15, -0.1) is 0 Å². The molecule has 4 nitrogen and oxygen atoms in total. The van der Waals surface area contributed by atoms with Gasteiger partial charge in [0.1, 0.15) is 11.5 Å². The normalized spacial score (nSPS) is 11.4. The van der Waals surface area contributed by atoms with Crippen LogP contribution in [0.25, 0.3) is 27.9 Å². The van der Waals surface area contributed by atoms with E-state index in [1.807, 2.05) is 30.7 Å². The number of hydrogen-bond donors (Lipinski definition) is 0. The van der Waals surface area contributed by atoms with Crippen molar-refractivity contribution in [3.63, 3.8) is 0 Å². The van der Waals surface area contributed by atoms with Gasteiger partial charge in [-0.25, -0.2) is 8.91 Å². The summed E-state index contributed by atoms with van der Waals surface area (Å²) in [5, 5.41) is 4.89. The Hall–Kier alpha value is -3.05. The Labute approximate surface area is 151 Å². The zero-order chi connectivity index (χ0) is 18.1. The van der Waals surface area contributed by atoms with Gasteiger partial charge < -0.3 is 4.90 Å². The van der Waals surface area contributed by atoms with E-state index in [2.05, 4.69) is 28.1 Å². The largest absolute Gasteiger partial charge is 0.304 e. The second kappa shape index (κ2) is 6.69. The van der Waals surface area contributed by atoms with Crippen LogP contribution in [0.4, 0.5) is 4.39 Å². The van der Waals surface area contributed by atoms with Gasteiger partial charge in [-0.3, -0.25) is 4.98 Å². The lowest BCUT2D eigenvalue weighted by Crippen LogP contribution is -2.13. The molecular weight excluding hydrogens is 327 g/mol. The minimum absolute atomic E-state index is 0.253. The van der Waals surface area contributed by atoms with Crippen LogP contribution < -0.4 is 0 Å². The van der Waals surface area contributed by atoms with Gasteiger partial charge in [-0.1, -0.05) is 6.07 Å². The van der Waals surface area contributed by atoms with E-state index in [0.29, 0.717) is 0 Å². The number of aromatic nitrogens is 3. The summed E-state index contributed by atoms with van der Waals surface area (Å²) in [6.45, 7) is 0.775. The van der Waals surface area contributed by atoms with Crippen LogP contribution in [0, 0.1) is 5.82 Å². The fraction of sp³-hybridized carbons (Fsp3) is 0.143. The first kappa shape index (κ1) is 16.4. The fourth-order valence-electron chi connectivity index (χ4n) is 3.18. The highest BCUT2D eigenvalue weighted by Crippen LogP contribution is 2.35. The molecule has 26 heavy (non-hydrogen) atoms. The van der Waals surface area contributed by atoms with E-state index in [-0.39, 0.29) is 5.82 Å². The van der Waals surface area contributed by atoms with Gasteiger partial charge in [-0.05, 0) is 68.2 Å². The molecule has 0 unspecified atom stereocenters. The first-order valence-electron chi connectivity index (χ1n) is 8.45. The summed E-state index contributed by atoms with van der Waals surface area (Å²) >= 11 is 0. The number of nitrogens with zero attached hydrogens (tertiary/aromatic N) is 4. The minimum Gasteiger partial charge on any atom is -0.304 e. The highest BCUT2D eigenvalue weighted by atomic mass is 19.1. The monoisotopic (exact) mass is 346 g/mol. The molecule has 0 aliphatic rings. The van der Waals surface area contributed by atoms with Crippen molar-refractivity contribution >= 4 is 5.52 Å². The van der Waals surface area contributed by atoms with Crippen LogP contribution in [0.15, 0.2) is 67.0 Å². The first-order valence-corrected chi connectivity index (χ1v) is 8.45. The molecule has 0 amide bonds. The highest BCUT2D eigenvalue weighted by molar-refractivity contribution is 5.92. The quantitative estimate of drug-likeness (QED) is 0.553. The Kier molecular flexibility index (Phi) is 4.22. The molecule has 3 aromatic heterocycles. The Morgan fingerprint density at radius 3 is 2.35 bits per heavy atom. The van der Waals surface area contributed by atoms with Crippen molar-refractivity contribution < 1.29 is 4.39 Å². The molecule has 0 saturated carbocycles. The van der Waals surface area contributed by atoms with Gasteiger partial charge in [0.15, 0.2) is 0 Å². The van der Waals surface area contributed by atoms with E-state index < -0.39 is 0 Å². The van der Waals surface area contributed by atoms with E-state index in [1.165, 1.54) is 12.1 Å². The number of fused-ring (bicyclic) bond motifs is 1. The first-order chi connectivity index (χ1) is 12.6. The second-order valence-electron chi connectivity index (χ2n) is 6.52. The van der Waals surface area contributed by atoms with Crippen LogP contribution in [0.2, 0.25) is 0 Å². The van der Waals surface area contributed by atoms with Gasteiger partial charge in [-0.2, -0.15) is 5.10 Å². The molecule has 3 heterocycles. The molecule has 0 atom stereocenters. The van der Waals surface area contributed by atoms with Gasteiger partial charge >= 0.3 is 0 Å². The van der Waals surface area contributed by atoms with Crippen molar-refractivity contribution in [1.29, 1.82) is 0 Å². The molecule has 4 aromatic rings. The van der Waals surface area contributed by atoms with E-state index >= 15 is 0 Å². The number of hydrogen-bond acceptors (Lipinski definition) is 3. The van der Waals surface area contributed by atoms with Crippen molar-refractivity contribution in [3.8, 4) is 22.4 Å². The zero-order valence-corrected chi connectivity index (χ0v) is 14.7. The van der Waals surface area contributed by atoms with Crippen molar-refractivity contribution in [3.05, 3.63) is 78.5 Å². The maximum Gasteiger partial charge on any atom is 0.123 e. The molecule has 0 bridgehead atoms. The summed E-state index contributed by atoms with van der Waals surface area (Å²) in [4.78, 5) is 6.23. The molecule has 0 fully saturated rings. The minimum atomic E-state index is -0.253. The van der Waals surface area contributed by atoms with Crippen molar-refractivity contribution in [1.82, 2.24) is 19.5 Å². The Morgan fingerprint density at radius 2 is 1.65 bits per heavy atom. The third-order valence-electron chi connectivity index (χ3n) is 4.30. The SMILES string of the molecule is CN(C)Cc1cccc2c(-c3ccncc3)c(-c3ccc(F)cc3)nn12. The van der Waals surface area contributed by atoms with Crippen molar-refractivity contribution in [2.75, 3.05) is 14.1 Å². The van der Waals surface area contributed by atoms with Crippen molar-refractivity contribution in [2.45, 2.75) is 6.54 Å². The Bertz CT molecular complexity index is 1040. The molecule has 130 valence electrons. The summed E-state index contributed by atoms with van der Waals surface area (Å²) in [6.07, 6.45) is 3.55. The lowest BCUT2D eigenvalue weighted by Gasteiger charge is -2.11. The molecule has 0 N–H and O–H groups in total. The third kappa shape index (κ3) is 2.97. The summed E-state index contributed by atoms with van der Waals surface area (Å²) in [5.41, 5.74) is 5.90. The molecule has 0 saturated heterocycles. The van der Waals surface area contributed by atoms with E-state index in [9.17, 15) is 4.39 Å². The topological polar surface area (TPSA) is 33.4 Å². The van der Waals surface area contributed by atoms with Crippen LogP contribution in [-0.4, -0.2) is 33.6 Å². The number of rotatable bonds is 4. The van der Waals surface area contributed by atoms with E-state index in [0.717, 1.165) is 40.1 Å². The second-order valence-corrected chi connectivity index (χ2v) is 6.52. The molecule has 4 rings (SSSR count). The molecule has 0 aliphatic heterocycles. The van der Waals surface area contributed by atoms with E-state index in [4.69, 9.17) is 5.10 Å². The number of pyridine rings is 2. The predicted octanol–water partition coefficient (Wildman–Crippen LogP) is 4.26. The lowest BCUT2D eigenvalue weighted by atomic mass is 10.0. The van der Waals surface area contributed by atoms with E-state index in [1.54, 1.807) is 24.5 Å². The Balaban J connectivity index is 2.01. The van der Waals surface area contributed by atoms with Crippen LogP contribution >= 0.6 is 0 Å². The van der Waals surface area contributed by atoms with Gasteiger partial charge in [0.2, 0.25) is 0 Å². The summed E-state index contributed by atoms with van der Waals surface area (Å²) in [6, 6.07) is 16.6. The standard InChI is InChI=1S/C21H19FN4/c1-25(2)14-18-4-3-5-19-20(15-10-12-23-13-11-15)21(24-26(18)19)16-6-8-17(22)9-7-16/h3-13H,14H2,1-2H3. The van der Waals surface area contributed by atoms with Gasteiger partial charge in [0.25, 0.3) is 0 Å². The summed E-state index contributed by atoms with van der Waals surface area (Å²) < 4.78 is 15.4. The van der Waals surface area contributed by atoms with Crippen LogP contribution in [0.5, 0.6) is 0 Å². The molecule has 0 radical (unpaired) electrons. The fourth-order valence-corrected chi connectivity index (χ4v) is 3.18. The average molecular weight is 346 g/mol. The van der Waals surface area contributed by atoms with Gasteiger partial charge in [0.05, 0.1) is 11.2 Å². The van der Waals surface area contributed by atoms with Crippen molar-refractivity contribution in [2.24, 2.45) is 0 Å². The molecular formula is C21H19FN4. The number of benzene rings is 1. The number of halogens is 1. The molecule has 0 spiro atoms. The lowest BCUT2D eigenvalue weighted by molar-refractivity contribution is 0.392. The molecule has 5 heteroatoms. The van der Waals surface area contributed by atoms with Crippen LogP contribution in [-0.2, 0) is 6.54 Å². The molecule has 0 aliphatic carbocycles. The van der Waals surface area contributed by atoms with Crippen LogP contribution in [0.1, 0.15) is 5.69 Å². The Morgan fingerprint density at radius 1 is 0.923 bits per heavy atom.